The monoisotopic (exact) mass is 625 g/mol. The highest BCUT2D eigenvalue weighted by Gasteiger charge is 2.30. The number of amides is 2. The van der Waals surface area contributed by atoms with Crippen LogP contribution in [-0.2, 0) is 30.4 Å². The highest BCUT2D eigenvalue weighted by molar-refractivity contribution is 7.80. The lowest BCUT2D eigenvalue weighted by atomic mass is 9.94. The van der Waals surface area contributed by atoms with Crippen LogP contribution in [0.3, 0.4) is 0 Å². The molecule has 44 heavy (non-hydrogen) atoms. The van der Waals surface area contributed by atoms with Gasteiger partial charge in [-0.15, -0.1) is 0 Å². The minimum Gasteiger partial charge on any atom is -0.481 e. The SMILES string of the molecule is NCCCC[C@H](NC(=O)CCC(=O)O)C(=O)CC(CS)C(=O)N[C@@H](CC1=CNCN1)C(=O)CCc1cccc2ccccc12. The fraction of sp³-hybridized carbons (Fsp3) is 0.469. The van der Waals surface area contributed by atoms with E-state index < -0.39 is 35.8 Å². The van der Waals surface area contributed by atoms with Crippen molar-refractivity contribution in [1.82, 2.24) is 21.3 Å². The summed E-state index contributed by atoms with van der Waals surface area (Å²) < 4.78 is 0. The van der Waals surface area contributed by atoms with Gasteiger partial charge in [0, 0.05) is 43.3 Å². The Hall–Kier alpha value is -3.90. The average Bonchev–Trinajstić information content (AvgIpc) is 3.53. The van der Waals surface area contributed by atoms with Gasteiger partial charge in [-0.3, -0.25) is 24.0 Å². The summed E-state index contributed by atoms with van der Waals surface area (Å²) in [5, 5.41) is 22.7. The second-order valence-corrected chi connectivity index (χ2v) is 11.3. The van der Waals surface area contributed by atoms with Crippen LogP contribution in [0.15, 0.2) is 54.4 Å². The van der Waals surface area contributed by atoms with Gasteiger partial charge in [0.25, 0.3) is 0 Å². The van der Waals surface area contributed by atoms with Gasteiger partial charge in [-0.25, -0.2) is 0 Å². The third-order valence-electron chi connectivity index (χ3n) is 7.62. The number of nitrogens with one attached hydrogen (secondary N) is 4. The Balaban J connectivity index is 1.67. The molecule has 0 aromatic heterocycles. The normalized spacial score (nSPS) is 14.5. The Morgan fingerprint density at radius 3 is 2.41 bits per heavy atom. The Kier molecular flexibility index (Phi) is 14.2. The molecule has 7 N–H and O–H groups in total. The predicted molar refractivity (Wildman–Crippen MR) is 172 cm³/mol. The van der Waals surface area contributed by atoms with Gasteiger partial charge in [0.1, 0.15) is 0 Å². The number of ketones is 2. The van der Waals surface area contributed by atoms with Crippen LogP contribution in [0, 0.1) is 5.92 Å². The van der Waals surface area contributed by atoms with Gasteiger partial charge in [-0.2, -0.15) is 12.6 Å². The predicted octanol–water partition coefficient (Wildman–Crippen LogP) is 2.19. The van der Waals surface area contributed by atoms with Crippen molar-refractivity contribution < 1.29 is 29.1 Å². The number of rotatable bonds is 20. The van der Waals surface area contributed by atoms with Crippen molar-refractivity contribution in [3.05, 3.63) is 59.9 Å². The molecule has 1 aliphatic rings. The van der Waals surface area contributed by atoms with E-state index in [1.54, 1.807) is 6.20 Å². The number of fused-ring (bicyclic) bond motifs is 1. The zero-order chi connectivity index (χ0) is 31.9. The van der Waals surface area contributed by atoms with E-state index in [0.717, 1.165) is 22.0 Å². The van der Waals surface area contributed by atoms with Crippen molar-refractivity contribution in [3.8, 4) is 0 Å². The van der Waals surface area contributed by atoms with Gasteiger partial charge >= 0.3 is 5.97 Å². The van der Waals surface area contributed by atoms with Crippen LogP contribution in [0.2, 0.25) is 0 Å². The lowest BCUT2D eigenvalue weighted by Crippen LogP contribution is -2.47. The van der Waals surface area contributed by atoms with E-state index in [9.17, 15) is 24.0 Å². The van der Waals surface area contributed by atoms with E-state index in [1.165, 1.54) is 0 Å². The summed E-state index contributed by atoms with van der Waals surface area (Å²) in [5.74, 6) is -3.40. The standard InChI is InChI=1S/C32H43N5O6S/c33-15-4-3-10-26(36-30(40)13-14-31(41)42)29(39)16-23(19-44)32(43)37-27(17-24-18-34-20-35-24)28(38)12-11-22-8-5-7-21-6-1-2-9-25(21)22/h1-2,5-9,18,23,26-27,34-35,44H,3-4,10-17,19-20,33H2,(H,36,40)(H,37,43)(H,41,42)/t23?,26-,27-/m0/s1. The molecule has 2 aromatic rings. The maximum absolute atomic E-state index is 13.5. The van der Waals surface area contributed by atoms with Gasteiger partial charge in [-0.1, -0.05) is 42.5 Å². The number of carbonyl (C=O) groups excluding carboxylic acids is 4. The largest absolute Gasteiger partial charge is 0.481 e. The molecule has 11 nitrogen and oxygen atoms in total. The Labute approximate surface area is 263 Å². The molecular formula is C32H43N5O6S. The van der Waals surface area contributed by atoms with E-state index in [1.807, 2.05) is 42.5 Å². The molecule has 0 aliphatic carbocycles. The molecule has 0 saturated carbocycles. The second kappa shape index (κ2) is 18.0. The molecule has 238 valence electrons. The first-order valence-corrected chi connectivity index (χ1v) is 15.7. The molecule has 0 bridgehead atoms. The van der Waals surface area contributed by atoms with E-state index in [2.05, 4.69) is 33.9 Å². The number of hydrogen-bond donors (Lipinski definition) is 7. The maximum Gasteiger partial charge on any atom is 0.303 e. The average molecular weight is 626 g/mol. The number of carbonyl (C=O) groups is 5. The number of thiol groups is 1. The van der Waals surface area contributed by atoms with Crippen LogP contribution in [-0.4, -0.2) is 65.5 Å². The molecule has 3 rings (SSSR count). The fourth-order valence-electron chi connectivity index (χ4n) is 5.14. The Morgan fingerprint density at radius 2 is 1.70 bits per heavy atom. The summed E-state index contributed by atoms with van der Waals surface area (Å²) in [4.78, 5) is 63.4. The van der Waals surface area contributed by atoms with E-state index in [4.69, 9.17) is 10.8 Å². The van der Waals surface area contributed by atoms with Crippen LogP contribution >= 0.6 is 12.6 Å². The molecule has 0 saturated heterocycles. The number of unbranched alkanes of at least 4 members (excludes halogenated alkanes) is 1. The van der Waals surface area contributed by atoms with Gasteiger partial charge in [-0.05, 0) is 48.6 Å². The smallest absolute Gasteiger partial charge is 0.303 e. The van der Waals surface area contributed by atoms with Crippen molar-refractivity contribution >= 4 is 52.8 Å². The molecule has 2 aromatic carbocycles. The van der Waals surface area contributed by atoms with E-state index in [0.29, 0.717) is 38.9 Å². The van der Waals surface area contributed by atoms with Crippen molar-refractivity contribution in [2.24, 2.45) is 11.7 Å². The Morgan fingerprint density at radius 1 is 0.932 bits per heavy atom. The van der Waals surface area contributed by atoms with Crippen molar-refractivity contribution in [2.75, 3.05) is 19.0 Å². The van der Waals surface area contributed by atoms with Gasteiger partial charge in [0.15, 0.2) is 11.6 Å². The summed E-state index contributed by atoms with van der Waals surface area (Å²) in [5.41, 5.74) is 7.42. The maximum atomic E-state index is 13.5. The third kappa shape index (κ3) is 11.0. The molecule has 3 atom stereocenters. The first kappa shape index (κ1) is 34.6. The Bertz CT molecular complexity index is 1340. The minimum atomic E-state index is -1.11. The summed E-state index contributed by atoms with van der Waals surface area (Å²) in [6, 6.07) is 12.3. The summed E-state index contributed by atoms with van der Waals surface area (Å²) in [6.45, 7) is 0.948. The second-order valence-electron chi connectivity index (χ2n) is 10.9. The first-order chi connectivity index (χ1) is 21.2. The third-order valence-corrected chi connectivity index (χ3v) is 8.06. The van der Waals surface area contributed by atoms with Gasteiger partial charge in [0.05, 0.1) is 31.1 Å². The fourth-order valence-corrected chi connectivity index (χ4v) is 5.43. The lowest BCUT2D eigenvalue weighted by molar-refractivity contribution is -0.139. The molecule has 0 spiro atoms. The highest BCUT2D eigenvalue weighted by atomic mass is 32.1. The number of benzene rings is 2. The number of aryl methyl sites for hydroxylation is 1. The van der Waals surface area contributed by atoms with Crippen LogP contribution in [0.5, 0.6) is 0 Å². The zero-order valence-corrected chi connectivity index (χ0v) is 25.7. The van der Waals surface area contributed by atoms with Gasteiger partial charge in [0.2, 0.25) is 11.8 Å². The van der Waals surface area contributed by atoms with Crippen molar-refractivity contribution in [1.29, 1.82) is 0 Å². The molecule has 0 fully saturated rings. The zero-order valence-electron chi connectivity index (χ0n) is 24.8. The topological polar surface area (TPSA) is 180 Å². The quantitative estimate of drug-likeness (QED) is 0.0858. The summed E-state index contributed by atoms with van der Waals surface area (Å²) in [7, 11) is 0. The molecule has 2 amide bonds. The first-order valence-electron chi connectivity index (χ1n) is 15.0. The van der Waals surface area contributed by atoms with Crippen molar-refractivity contribution in [2.45, 2.75) is 69.9 Å². The summed E-state index contributed by atoms with van der Waals surface area (Å²) >= 11 is 4.32. The lowest BCUT2D eigenvalue weighted by Gasteiger charge is -2.23. The molecule has 1 unspecified atom stereocenters. The van der Waals surface area contributed by atoms with Crippen LogP contribution in [0.25, 0.3) is 10.8 Å². The number of nitrogens with two attached hydrogens (primary N) is 1. The molecule has 0 radical (unpaired) electrons. The minimum absolute atomic E-state index is 0.0550. The summed E-state index contributed by atoms with van der Waals surface area (Å²) in [6.07, 6.45) is 3.51. The molecule has 1 heterocycles. The van der Waals surface area contributed by atoms with Crippen LogP contribution < -0.4 is 27.0 Å². The van der Waals surface area contributed by atoms with E-state index >= 15 is 0 Å². The highest BCUT2D eigenvalue weighted by Crippen LogP contribution is 2.21. The van der Waals surface area contributed by atoms with E-state index in [-0.39, 0.29) is 49.4 Å². The van der Waals surface area contributed by atoms with Crippen LogP contribution in [0.4, 0.5) is 0 Å². The number of aliphatic carboxylic acids is 1. The molecule has 1 aliphatic heterocycles. The molecular weight excluding hydrogens is 582 g/mol. The number of Topliss-reactive ketones (excluding diaryl/α,β-unsaturated/α-hetero) is 2. The van der Waals surface area contributed by atoms with Crippen molar-refractivity contribution in [3.63, 3.8) is 0 Å². The number of hydrogen-bond acceptors (Lipinski definition) is 9. The molecule has 12 heteroatoms. The van der Waals surface area contributed by atoms with Gasteiger partial charge < -0.3 is 32.1 Å². The van der Waals surface area contributed by atoms with Crippen LogP contribution in [0.1, 0.15) is 56.9 Å². The number of carboxylic acid groups (broad SMARTS) is 1. The number of carboxylic acids is 1.